The van der Waals surface area contributed by atoms with Crippen molar-refractivity contribution in [2.75, 3.05) is 25.0 Å². The van der Waals surface area contributed by atoms with E-state index >= 15 is 0 Å². The lowest BCUT2D eigenvalue weighted by Gasteiger charge is -2.33. The number of furan rings is 1. The number of piperidine rings is 1. The average Bonchev–Trinajstić information content (AvgIpc) is 3.07. The van der Waals surface area contributed by atoms with Crippen molar-refractivity contribution in [2.45, 2.75) is 25.3 Å². The molecule has 0 radical (unpaired) electrons. The van der Waals surface area contributed by atoms with Crippen LogP contribution in [-0.4, -0.2) is 34.7 Å². The third kappa shape index (κ3) is 3.34. The molecular formula is C15H19ClN4O2. The van der Waals surface area contributed by atoms with Gasteiger partial charge in [0.05, 0.1) is 24.2 Å². The molecule has 1 aliphatic heterocycles. The molecule has 3 rings (SSSR count). The first-order valence-electron chi connectivity index (χ1n) is 7.50. The first-order chi connectivity index (χ1) is 10.8. The van der Waals surface area contributed by atoms with E-state index in [2.05, 4.69) is 20.4 Å². The van der Waals surface area contributed by atoms with Crippen LogP contribution in [0.1, 0.15) is 31.1 Å². The molecule has 2 aromatic heterocycles. The minimum atomic E-state index is -0.390. The fourth-order valence-electron chi connectivity index (χ4n) is 2.83. The van der Waals surface area contributed by atoms with Gasteiger partial charge in [-0.05, 0) is 38.1 Å². The molecule has 118 valence electrons. The molecule has 1 aliphatic rings. The largest absolute Gasteiger partial charge is 0.468 e. The quantitative estimate of drug-likeness (QED) is 0.885. The van der Waals surface area contributed by atoms with E-state index in [9.17, 15) is 4.79 Å². The van der Waals surface area contributed by atoms with Gasteiger partial charge in [0.1, 0.15) is 10.8 Å². The Labute approximate surface area is 133 Å². The molecule has 0 unspecified atom stereocenters. The molecule has 2 aromatic rings. The number of nitrogens with zero attached hydrogens (tertiary/aromatic N) is 2. The summed E-state index contributed by atoms with van der Waals surface area (Å²) in [5, 5.41) is 9.44. The molecule has 0 amide bonds. The van der Waals surface area contributed by atoms with E-state index < -0.39 is 0 Å². The van der Waals surface area contributed by atoms with Crippen molar-refractivity contribution in [1.29, 1.82) is 0 Å². The van der Waals surface area contributed by atoms with E-state index in [-0.39, 0.29) is 16.6 Å². The van der Waals surface area contributed by atoms with Crippen LogP contribution in [0.25, 0.3) is 0 Å². The molecule has 1 atom stereocenters. The van der Waals surface area contributed by atoms with Crippen molar-refractivity contribution in [2.24, 2.45) is 0 Å². The standard InChI is InChI=1S/C15H19ClN4O2/c16-14-11(9-18-19-15(14)21)17-10-12(13-5-4-8-22-13)20-6-2-1-3-7-20/h4-5,8-9,12H,1-3,6-7,10H2,(H2,17,19,21)/t12-/m1/s1. The second kappa shape index (κ2) is 6.98. The van der Waals surface area contributed by atoms with Crippen LogP contribution in [-0.2, 0) is 0 Å². The molecule has 0 aliphatic carbocycles. The Morgan fingerprint density at radius 1 is 1.41 bits per heavy atom. The summed E-state index contributed by atoms with van der Waals surface area (Å²) < 4.78 is 5.59. The maximum atomic E-state index is 11.5. The van der Waals surface area contributed by atoms with E-state index in [0.29, 0.717) is 12.2 Å². The molecule has 0 saturated carbocycles. The topological polar surface area (TPSA) is 74.2 Å². The van der Waals surface area contributed by atoms with Gasteiger partial charge in [-0.1, -0.05) is 18.0 Å². The average molecular weight is 323 g/mol. The Morgan fingerprint density at radius 3 is 2.95 bits per heavy atom. The van der Waals surface area contributed by atoms with Crippen LogP contribution in [0, 0.1) is 0 Å². The van der Waals surface area contributed by atoms with E-state index in [1.54, 1.807) is 6.26 Å². The zero-order chi connectivity index (χ0) is 15.4. The second-order valence-electron chi connectivity index (χ2n) is 5.44. The van der Waals surface area contributed by atoms with Crippen LogP contribution in [0.4, 0.5) is 5.69 Å². The highest BCUT2D eigenvalue weighted by Gasteiger charge is 2.24. The van der Waals surface area contributed by atoms with Crippen molar-refractivity contribution >= 4 is 17.3 Å². The monoisotopic (exact) mass is 322 g/mol. The van der Waals surface area contributed by atoms with Gasteiger partial charge in [0.2, 0.25) is 0 Å². The minimum absolute atomic E-state index is 0.116. The van der Waals surface area contributed by atoms with Crippen LogP contribution in [0.2, 0.25) is 5.02 Å². The molecule has 0 spiro atoms. The van der Waals surface area contributed by atoms with Gasteiger partial charge in [0.25, 0.3) is 5.56 Å². The smallest absolute Gasteiger partial charge is 0.285 e. The molecule has 22 heavy (non-hydrogen) atoms. The number of hydrogen-bond donors (Lipinski definition) is 2. The highest BCUT2D eigenvalue weighted by molar-refractivity contribution is 6.32. The lowest BCUT2D eigenvalue weighted by atomic mass is 10.1. The second-order valence-corrected chi connectivity index (χ2v) is 5.81. The van der Waals surface area contributed by atoms with Crippen LogP contribution < -0.4 is 10.9 Å². The van der Waals surface area contributed by atoms with Gasteiger partial charge in [-0.3, -0.25) is 9.69 Å². The highest BCUT2D eigenvalue weighted by Crippen LogP contribution is 2.26. The molecule has 0 aromatic carbocycles. The number of aromatic nitrogens is 2. The first kappa shape index (κ1) is 15.1. The predicted octanol–water partition coefficient (Wildman–Crippen LogP) is 2.66. The molecule has 7 heteroatoms. The van der Waals surface area contributed by atoms with Crippen LogP contribution >= 0.6 is 11.6 Å². The highest BCUT2D eigenvalue weighted by atomic mass is 35.5. The maximum Gasteiger partial charge on any atom is 0.285 e. The van der Waals surface area contributed by atoms with Crippen molar-refractivity contribution in [3.63, 3.8) is 0 Å². The SMILES string of the molecule is O=c1[nH]ncc(NC[C@H](c2ccco2)N2CCCCC2)c1Cl. The van der Waals surface area contributed by atoms with Crippen LogP contribution in [0.5, 0.6) is 0 Å². The number of anilines is 1. The fourth-order valence-corrected chi connectivity index (χ4v) is 2.99. The Bertz CT molecular complexity index is 650. The summed E-state index contributed by atoms with van der Waals surface area (Å²) in [6.07, 6.45) is 6.89. The van der Waals surface area contributed by atoms with Gasteiger partial charge < -0.3 is 9.73 Å². The summed E-state index contributed by atoms with van der Waals surface area (Å²) in [7, 11) is 0. The van der Waals surface area contributed by atoms with Gasteiger partial charge in [0.15, 0.2) is 0 Å². The van der Waals surface area contributed by atoms with Gasteiger partial charge in [-0.2, -0.15) is 5.10 Å². The molecular weight excluding hydrogens is 304 g/mol. The van der Waals surface area contributed by atoms with E-state index in [1.807, 2.05) is 12.1 Å². The predicted molar refractivity (Wildman–Crippen MR) is 85.2 cm³/mol. The minimum Gasteiger partial charge on any atom is -0.468 e. The molecule has 0 bridgehead atoms. The Balaban J connectivity index is 1.75. The summed E-state index contributed by atoms with van der Waals surface area (Å²) in [5.41, 5.74) is 0.151. The Morgan fingerprint density at radius 2 is 2.23 bits per heavy atom. The molecule has 3 heterocycles. The molecule has 1 saturated heterocycles. The summed E-state index contributed by atoms with van der Waals surface area (Å²) in [6.45, 7) is 2.71. The number of H-pyrrole nitrogens is 1. The van der Waals surface area contributed by atoms with E-state index in [1.165, 1.54) is 25.5 Å². The number of likely N-dealkylation sites (tertiary alicyclic amines) is 1. The lowest BCUT2D eigenvalue weighted by Crippen LogP contribution is -2.37. The zero-order valence-electron chi connectivity index (χ0n) is 12.2. The number of hydrogen-bond acceptors (Lipinski definition) is 5. The third-order valence-corrected chi connectivity index (χ3v) is 4.36. The Kier molecular flexibility index (Phi) is 4.80. The number of rotatable bonds is 5. The molecule has 6 nitrogen and oxygen atoms in total. The summed E-state index contributed by atoms with van der Waals surface area (Å²) in [4.78, 5) is 13.9. The van der Waals surface area contributed by atoms with E-state index in [4.69, 9.17) is 16.0 Å². The number of aromatic amines is 1. The number of halogens is 1. The van der Waals surface area contributed by atoms with Crippen molar-refractivity contribution in [1.82, 2.24) is 15.1 Å². The first-order valence-corrected chi connectivity index (χ1v) is 7.88. The zero-order valence-corrected chi connectivity index (χ0v) is 13.0. The number of nitrogens with one attached hydrogen (secondary N) is 2. The summed E-state index contributed by atoms with van der Waals surface area (Å²) in [6, 6.07) is 4.00. The van der Waals surface area contributed by atoms with Crippen LogP contribution in [0.15, 0.2) is 33.8 Å². The van der Waals surface area contributed by atoms with Crippen molar-refractivity contribution in [3.8, 4) is 0 Å². The molecule has 1 fully saturated rings. The lowest BCUT2D eigenvalue weighted by molar-refractivity contribution is 0.153. The molecule has 2 N–H and O–H groups in total. The Hall–Kier alpha value is -1.79. The summed E-state index contributed by atoms with van der Waals surface area (Å²) in [5.74, 6) is 0.920. The summed E-state index contributed by atoms with van der Waals surface area (Å²) >= 11 is 6.00. The maximum absolute atomic E-state index is 11.5. The van der Waals surface area contributed by atoms with Gasteiger partial charge in [-0.25, -0.2) is 5.10 Å². The normalized spacial score (nSPS) is 17.3. The van der Waals surface area contributed by atoms with Crippen LogP contribution in [0.3, 0.4) is 0 Å². The van der Waals surface area contributed by atoms with Gasteiger partial charge in [0, 0.05) is 6.54 Å². The van der Waals surface area contributed by atoms with Gasteiger partial charge in [-0.15, -0.1) is 0 Å². The van der Waals surface area contributed by atoms with Crippen molar-refractivity contribution in [3.05, 3.63) is 45.7 Å². The third-order valence-electron chi connectivity index (χ3n) is 3.98. The van der Waals surface area contributed by atoms with E-state index in [0.717, 1.165) is 18.8 Å². The van der Waals surface area contributed by atoms with Crippen molar-refractivity contribution < 1.29 is 4.42 Å². The fraction of sp³-hybridized carbons (Fsp3) is 0.467. The van der Waals surface area contributed by atoms with Gasteiger partial charge >= 0.3 is 0 Å².